The topological polar surface area (TPSA) is 26.0 Å². The summed E-state index contributed by atoms with van der Waals surface area (Å²) in [7, 11) is 0. The van der Waals surface area contributed by atoms with Crippen molar-refractivity contribution in [2.24, 2.45) is 0 Å². The van der Waals surface area contributed by atoms with Crippen LogP contribution >= 0.6 is 0 Å². The van der Waals surface area contributed by atoms with Crippen LogP contribution in [0.4, 0.5) is 13.2 Å². The molecule has 0 unspecified atom stereocenters. The van der Waals surface area contributed by atoms with Crippen molar-refractivity contribution >= 4 is 10.8 Å². The van der Waals surface area contributed by atoms with Gasteiger partial charge in [0, 0.05) is 11.1 Å². The fraction of sp³-hybridized carbons (Fsp3) is 0.0455. The van der Waals surface area contributed by atoms with E-state index < -0.39 is 11.7 Å². The van der Waals surface area contributed by atoms with Crippen LogP contribution in [0, 0.1) is 11.8 Å². The van der Waals surface area contributed by atoms with Crippen LogP contribution in [-0.2, 0) is 6.18 Å². The molecule has 0 radical (unpaired) electrons. The van der Waals surface area contributed by atoms with E-state index >= 15 is 0 Å². The second-order valence-electron chi connectivity index (χ2n) is 5.88. The van der Waals surface area contributed by atoms with Gasteiger partial charge in [-0.25, -0.2) is 4.98 Å². The third-order valence-corrected chi connectivity index (χ3v) is 4.10. The predicted octanol–water partition coefficient (Wildman–Crippen LogP) is 5.91. The summed E-state index contributed by atoms with van der Waals surface area (Å²) in [5.41, 5.74) is 0.651. The third-order valence-electron chi connectivity index (χ3n) is 4.10. The maximum absolute atomic E-state index is 12.6. The summed E-state index contributed by atoms with van der Waals surface area (Å²) in [6.45, 7) is 0. The number of benzene rings is 3. The average Bonchev–Trinajstić information content (AvgIpc) is 3.15. The molecular weight excluding hydrogens is 351 g/mol. The summed E-state index contributed by atoms with van der Waals surface area (Å²) in [5, 5.41) is 2.11. The standard InChI is InChI=1S/C22H12F3NO/c23-22(24,25)18-11-8-17(9-12-18)20-14-26-21(27-20)13-10-16-6-3-5-15-4-1-2-7-19(15)16/h1-9,11-12,14H. The number of alkyl halides is 3. The zero-order chi connectivity index (χ0) is 18.9. The molecule has 0 saturated carbocycles. The lowest BCUT2D eigenvalue weighted by Gasteiger charge is -2.06. The number of aromatic nitrogens is 1. The molecule has 4 rings (SSSR count). The molecule has 0 aliphatic rings. The summed E-state index contributed by atoms with van der Waals surface area (Å²) in [6, 6.07) is 18.5. The van der Waals surface area contributed by atoms with Crippen LogP contribution in [0.3, 0.4) is 0 Å². The van der Waals surface area contributed by atoms with E-state index in [2.05, 4.69) is 16.8 Å². The minimum Gasteiger partial charge on any atom is -0.430 e. The fourth-order valence-electron chi connectivity index (χ4n) is 2.74. The van der Waals surface area contributed by atoms with Crippen LogP contribution in [0.1, 0.15) is 17.0 Å². The van der Waals surface area contributed by atoms with Crippen LogP contribution in [0.15, 0.2) is 77.3 Å². The predicted molar refractivity (Wildman–Crippen MR) is 96.9 cm³/mol. The molecule has 1 heterocycles. The van der Waals surface area contributed by atoms with Gasteiger partial charge in [-0.1, -0.05) is 54.5 Å². The van der Waals surface area contributed by atoms with Gasteiger partial charge >= 0.3 is 6.18 Å². The van der Waals surface area contributed by atoms with Crippen molar-refractivity contribution in [2.45, 2.75) is 6.18 Å². The minimum absolute atomic E-state index is 0.206. The van der Waals surface area contributed by atoms with Crippen LogP contribution in [0.25, 0.3) is 22.1 Å². The smallest absolute Gasteiger partial charge is 0.416 e. The van der Waals surface area contributed by atoms with E-state index in [1.165, 1.54) is 18.3 Å². The molecule has 0 aliphatic carbocycles. The first kappa shape index (κ1) is 16.9. The molecular formula is C22H12F3NO. The second-order valence-corrected chi connectivity index (χ2v) is 5.88. The maximum atomic E-state index is 12.6. The van der Waals surface area contributed by atoms with Gasteiger partial charge in [-0.15, -0.1) is 0 Å². The second kappa shape index (κ2) is 6.65. The molecule has 0 saturated heterocycles. The first-order valence-corrected chi connectivity index (χ1v) is 8.14. The molecule has 27 heavy (non-hydrogen) atoms. The zero-order valence-corrected chi connectivity index (χ0v) is 13.9. The molecule has 5 heteroatoms. The van der Waals surface area contributed by atoms with Gasteiger partial charge in [0.15, 0.2) is 5.76 Å². The summed E-state index contributed by atoms with van der Waals surface area (Å²) in [4.78, 5) is 4.10. The molecule has 3 aromatic carbocycles. The minimum atomic E-state index is -4.37. The van der Waals surface area contributed by atoms with Crippen LogP contribution < -0.4 is 0 Å². The van der Waals surface area contributed by atoms with Gasteiger partial charge in [0.05, 0.1) is 11.8 Å². The van der Waals surface area contributed by atoms with E-state index in [1.54, 1.807) is 0 Å². The third kappa shape index (κ3) is 3.56. The number of halogens is 3. The SMILES string of the molecule is FC(F)(F)c1ccc(-c2cnc(C#Cc3cccc4ccccc34)o2)cc1. The Hall–Kier alpha value is -3.52. The Bertz CT molecular complexity index is 1160. The lowest BCUT2D eigenvalue weighted by Crippen LogP contribution is -2.03. The molecule has 2 nitrogen and oxygen atoms in total. The maximum Gasteiger partial charge on any atom is 0.416 e. The molecule has 0 atom stereocenters. The van der Waals surface area contributed by atoms with E-state index in [9.17, 15) is 13.2 Å². The van der Waals surface area contributed by atoms with Crippen molar-refractivity contribution in [3.63, 3.8) is 0 Å². The Morgan fingerprint density at radius 1 is 0.815 bits per heavy atom. The quantitative estimate of drug-likeness (QED) is 0.393. The Kier molecular flexibility index (Phi) is 4.17. The van der Waals surface area contributed by atoms with Gasteiger partial charge in [0.1, 0.15) is 0 Å². The summed E-state index contributed by atoms with van der Waals surface area (Å²) in [5.74, 6) is 6.49. The van der Waals surface area contributed by atoms with E-state index in [0.717, 1.165) is 28.5 Å². The van der Waals surface area contributed by atoms with Crippen LogP contribution in [0.2, 0.25) is 0 Å². The molecule has 4 aromatic rings. The number of hydrogen-bond donors (Lipinski definition) is 0. The number of hydrogen-bond acceptors (Lipinski definition) is 2. The molecule has 0 aliphatic heterocycles. The van der Waals surface area contributed by atoms with Gasteiger partial charge in [0.25, 0.3) is 5.89 Å². The Balaban J connectivity index is 1.61. The van der Waals surface area contributed by atoms with E-state index in [1.807, 2.05) is 42.5 Å². The highest BCUT2D eigenvalue weighted by atomic mass is 19.4. The highest BCUT2D eigenvalue weighted by molar-refractivity contribution is 5.88. The Morgan fingerprint density at radius 2 is 1.56 bits per heavy atom. The van der Waals surface area contributed by atoms with Gasteiger partial charge in [0.2, 0.25) is 0 Å². The molecule has 1 aromatic heterocycles. The normalized spacial score (nSPS) is 11.2. The van der Waals surface area contributed by atoms with Gasteiger partial charge in [-0.05, 0) is 34.9 Å². The van der Waals surface area contributed by atoms with Gasteiger partial charge < -0.3 is 4.42 Å². The monoisotopic (exact) mass is 363 g/mol. The fourth-order valence-corrected chi connectivity index (χ4v) is 2.74. The molecule has 0 bridgehead atoms. The Morgan fingerprint density at radius 3 is 2.33 bits per heavy atom. The summed E-state index contributed by atoms with van der Waals surface area (Å²) < 4.78 is 43.5. The van der Waals surface area contributed by atoms with Crippen molar-refractivity contribution in [1.82, 2.24) is 4.98 Å². The lowest BCUT2D eigenvalue weighted by atomic mass is 10.1. The van der Waals surface area contributed by atoms with Crippen molar-refractivity contribution in [3.05, 3.63) is 89.9 Å². The van der Waals surface area contributed by atoms with Crippen molar-refractivity contribution in [1.29, 1.82) is 0 Å². The first-order chi connectivity index (χ1) is 13.0. The average molecular weight is 363 g/mol. The zero-order valence-electron chi connectivity index (χ0n) is 13.9. The van der Waals surface area contributed by atoms with E-state index in [-0.39, 0.29) is 5.89 Å². The number of fused-ring (bicyclic) bond motifs is 1. The van der Waals surface area contributed by atoms with Crippen LogP contribution in [0.5, 0.6) is 0 Å². The van der Waals surface area contributed by atoms with Crippen molar-refractivity contribution in [2.75, 3.05) is 0 Å². The summed E-state index contributed by atoms with van der Waals surface area (Å²) >= 11 is 0. The highest BCUT2D eigenvalue weighted by Gasteiger charge is 2.30. The molecule has 0 N–H and O–H groups in total. The van der Waals surface area contributed by atoms with Crippen molar-refractivity contribution in [3.8, 4) is 23.2 Å². The largest absolute Gasteiger partial charge is 0.430 e. The lowest BCUT2D eigenvalue weighted by molar-refractivity contribution is -0.137. The van der Waals surface area contributed by atoms with Crippen LogP contribution in [-0.4, -0.2) is 4.98 Å². The van der Waals surface area contributed by atoms with Gasteiger partial charge in [-0.2, -0.15) is 13.2 Å². The number of nitrogens with zero attached hydrogens (tertiary/aromatic N) is 1. The van der Waals surface area contributed by atoms with E-state index in [0.29, 0.717) is 11.3 Å². The molecule has 0 fully saturated rings. The molecule has 0 spiro atoms. The summed E-state index contributed by atoms with van der Waals surface area (Å²) in [6.07, 6.45) is -2.91. The molecule has 132 valence electrons. The Labute approximate surface area is 153 Å². The molecule has 0 amide bonds. The van der Waals surface area contributed by atoms with Gasteiger partial charge in [-0.3, -0.25) is 0 Å². The first-order valence-electron chi connectivity index (χ1n) is 8.14. The number of oxazole rings is 1. The highest BCUT2D eigenvalue weighted by Crippen LogP contribution is 2.31. The van der Waals surface area contributed by atoms with E-state index in [4.69, 9.17) is 4.42 Å². The van der Waals surface area contributed by atoms with Crippen molar-refractivity contribution < 1.29 is 17.6 Å². The number of rotatable bonds is 1.